The molecule has 3 aromatic carbocycles. The topological polar surface area (TPSA) is 155 Å². The van der Waals surface area contributed by atoms with Crippen LogP contribution in [0.2, 0.25) is 0 Å². The van der Waals surface area contributed by atoms with Gasteiger partial charge in [0.1, 0.15) is 11.5 Å². The van der Waals surface area contributed by atoms with Crippen LogP contribution in [0.4, 0.5) is 23.0 Å². The minimum atomic E-state index is -4.14. The molecule has 0 aliphatic carbocycles. The number of fused-ring (bicyclic) bond motifs is 1. The fourth-order valence-electron chi connectivity index (χ4n) is 3.68. The number of methoxy groups -OCH3 is 1. The molecule has 0 fully saturated rings. The summed E-state index contributed by atoms with van der Waals surface area (Å²) < 4.78 is 34.5. The quantitative estimate of drug-likeness (QED) is 0.174. The summed E-state index contributed by atoms with van der Waals surface area (Å²) in [6.07, 6.45) is 0. The summed E-state index contributed by atoms with van der Waals surface area (Å²) in [6.45, 7) is 4.86. The van der Waals surface area contributed by atoms with Gasteiger partial charge in [0, 0.05) is 29.6 Å². The number of phenolic OH excluding ortho intramolecular Hbond substituents is 1. The Labute approximate surface area is 234 Å². The smallest absolute Gasteiger partial charge is 0.263 e. The van der Waals surface area contributed by atoms with Gasteiger partial charge in [0.05, 0.1) is 29.6 Å². The zero-order valence-corrected chi connectivity index (χ0v) is 22.5. The van der Waals surface area contributed by atoms with E-state index in [0.717, 1.165) is 0 Å². The summed E-state index contributed by atoms with van der Waals surface area (Å²) >= 11 is 0. The largest absolute Gasteiger partial charge is 0.508 e. The molecule has 0 aliphatic heterocycles. The molecule has 1 heterocycles. The van der Waals surface area contributed by atoms with Crippen LogP contribution < -0.4 is 25.4 Å². The molecule has 212 valence electrons. The van der Waals surface area contributed by atoms with E-state index in [2.05, 4.69) is 30.6 Å². The lowest BCUT2D eigenvalue weighted by Crippen LogP contribution is -2.30. The molecule has 12 heteroatoms. The van der Waals surface area contributed by atoms with Crippen LogP contribution in [0.1, 0.15) is 21.3 Å². The van der Waals surface area contributed by atoms with Crippen LogP contribution in [0.5, 0.6) is 11.5 Å². The number of nitrogens with one attached hydrogen (secondary N) is 4. The third-order valence-corrected chi connectivity index (χ3v) is 6.79. The number of aromatic nitrogens is 2. The summed E-state index contributed by atoms with van der Waals surface area (Å²) in [5, 5.41) is 18.8. The van der Waals surface area contributed by atoms with Crippen LogP contribution in [-0.4, -0.2) is 49.6 Å². The molecule has 0 saturated carbocycles. The van der Waals surface area contributed by atoms with Gasteiger partial charge >= 0.3 is 0 Å². The zero-order valence-electron chi connectivity index (χ0n) is 21.7. The molecule has 0 aliphatic rings. The van der Waals surface area contributed by atoms with Gasteiger partial charge < -0.3 is 25.8 Å². The number of carbonyl (C=O) groups excluding carboxylic acids is 1. The lowest BCUT2D eigenvalue weighted by atomic mass is 10.2. The van der Waals surface area contributed by atoms with Crippen LogP contribution in [0.15, 0.2) is 71.6 Å². The molecule has 0 radical (unpaired) electrons. The number of aromatic hydroxyl groups is 1. The van der Waals surface area contributed by atoms with Gasteiger partial charge in [-0.15, -0.1) is 0 Å². The first-order valence-electron chi connectivity index (χ1n) is 12.2. The molecule has 0 bridgehead atoms. The Morgan fingerprint density at radius 1 is 0.950 bits per heavy atom. The highest BCUT2D eigenvalue weighted by Gasteiger charge is 2.20. The molecule has 5 N–H and O–H groups in total. The molecular weight excluding hydrogens is 532 g/mol. The second kappa shape index (κ2) is 13.1. The number of hydrogen-bond acceptors (Lipinski definition) is 9. The number of ether oxygens (including phenoxy) is 1. The highest BCUT2D eigenvalue weighted by molar-refractivity contribution is 7.92. The van der Waals surface area contributed by atoms with Crippen LogP contribution >= 0.6 is 0 Å². The first kappa shape index (κ1) is 30.1. The van der Waals surface area contributed by atoms with Gasteiger partial charge in [-0.25, -0.2) is 18.4 Å². The maximum atomic E-state index is 13.4. The Morgan fingerprint density at radius 2 is 1.65 bits per heavy atom. The number of para-hydroxylation sites is 2. The van der Waals surface area contributed by atoms with E-state index in [1.54, 1.807) is 36.4 Å². The maximum absolute atomic E-state index is 13.4. The number of carbonyl (C=O) groups is 1. The Kier molecular flexibility index (Phi) is 9.86. The molecule has 1 aromatic heterocycles. The zero-order chi connectivity index (χ0) is 28.0. The normalized spacial score (nSPS) is 11.1. The van der Waals surface area contributed by atoms with E-state index in [9.17, 15) is 18.3 Å². The lowest BCUT2D eigenvalue weighted by molar-refractivity contribution is -0.115. The van der Waals surface area contributed by atoms with Gasteiger partial charge in [-0.05, 0) is 42.8 Å². The Hall–Kier alpha value is -4.42. The number of amides is 1. The van der Waals surface area contributed by atoms with Crippen LogP contribution in [-0.2, 0) is 14.8 Å². The molecular formula is C28H34N6O5S. The van der Waals surface area contributed by atoms with E-state index in [0.29, 0.717) is 40.6 Å². The molecule has 40 heavy (non-hydrogen) atoms. The van der Waals surface area contributed by atoms with Crippen molar-refractivity contribution in [1.29, 1.82) is 0 Å². The van der Waals surface area contributed by atoms with E-state index >= 15 is 0 Å². The van der Waals surface area contributed by atoms with Crippen molar-refractivity contribution in [2.75, 3.05) is 35.6 Å². The Bertz CT molecular complexity index is 1590. The summed E-state index contributed by atoms with van der Waals surface area (Å²) in [7, 11) is -2.67. The highest BCUT2D eigenvalue weighted by Crippen LogP contribution is 2.31. The standard InChI is InChI=1S/C27H30N6O5S.CH4/c1-17(2)15-28-16-25(35)29-18-7-6-8-22(13-18)39(36,37)33-27-26(31-23-9-4-5-10-24(23)32-27)30-19-11-20(34)14-21(12-19)38-3;/h4-14,17,28,34H,15-16H2,1-3H3,(H,29,35)(H,30,31)(H,32,33);1H4. The van der Waals surface area contributed by atoms with Gasteiger partial charge in [-0.3, -0.25) is 9.52 Å². The molecule has 0 unspecified atom stereocenters. The van der Waals surface area contributed by atoms with Crippen molar-refractivity contribution in [2.45, 2.75) is 26.2 Å². The second-order valence-electron chi connectivity index (χ2n) is 9.16. The summed E-state index contributed by atoms with van der Waals surface area (Å²) in [5.74, 6) is 0.516. The summed E-state index contributed by atoms with van der Waals surface area (Å²) in [4.78, 5) is 21.2. The average Bonchev–Trinajstić information content (AvgIpc) is 2.88. The van der Waals surface area contributed by atoms with Gasteiger partial charge in [0.25, 0.3) is 10.0 Å². The first-order valence-corrected chi connectivity index (χ1v) is 13.7. The highest BCUT2D eigenvalue weighted by atomic mass is 32.2. The second-order valence-corrected chi connectivity index (χ2v) is 10.8. The predicted octanol–water partition coefficient (Wildman–Crippen LogP) is 4.71. The van der Waals surface area contributed by atoms with Crippen LogP contribution in [0.25, 0.3) is 11.0 Å². The Balaban J connectivity index is 0.00000441. The van der Waals surface area contributed by atoms with Gasteiger partial charge in [0.2, 0.25) is 5.91 Å². The summed E-state index contributed by atoms with van der Waals surface area (Å²) in [6, 6.07) is 17.4. The van der Waals surface area contributed by atoms with Crippen molar-refractivity contribution in [2.24, 2.45) is 5.92 Å². The van der Waals surface area contributed by atoms with Crippen molar-refractivity contribution in [3.63, 3.8) is 0 Å². The molecule has 11 nitrogen and oxygen atoms in total. The molecule has 1 amide bonds. The van der Waals surface area contributed by atoms with E-state index in [-0.39, 0.29) is 42.2 Å². The maximum Gasteiger partial charge on any atom is 0.263 e. The third kappa shape index (κ3) is 7.80. The monoisotopic (exact) mass is 566 g/mol. The van der Waals surface area contributed by atoms with Crippen molar-refractivity contribution >= 4 is 50.0 Å². The predicted molar refractivity (Wildman–Crippen MR) is 158 cm³/mol. The third-order valence-electron chi connectivity index (χ3n) is 5.46. The first-order chi connectivity index (χ1) is 18.6. The van der Waals surface area contributed by atoms with E-state index in [1.807, 2.05) is 13.8 Å². The number of rotatable bonds is 11. The molecule has 4 aromatic rings. The van der Waals surface area contributed by atoms with Crippen LogP contribution in [0, 0.1) is 5.92 Å². The molecule has 0 saturated heterocycles. The van der Waals surface area contributed by atoms with E-state index in [4.69, 9.17) is 4.74 Å². The van der Waals surface area contributed by atoms with Crippen molar-refractivity contribution in [3.05, 3.63) is 66.7 Å². The molecule has 0 atom stereocenters. The number of sulfonamides is 1. The van der Waals surface area contributed by atoms with Crippen molar-refractivity contribution in [1.82, 2.24) is 15.3 Å². The van der Waals surface area contributed by atoms with E-state index in [1.165, 1.54) is 37.4 Å². The van der Waals surface area contributed by atoms with Gasteiger partial charge in [0.15, 0.2) is 11.6 Å². The number of hydrogen-bond donors (Lipinski definition) is 5. The van der Waals surface area contributed by atoms with Crippen molar-refractivity contribution < 1.29 is 23.1 Å². The Morgan fingerprint density at radius 3 is 2.33 bits per heavy atom. The summed E-state index contributed by atoms with van der Waals surface area (Å²) in [5.41, 5.74) is 1.76. The number of anilines is 4. The average molecular weight is 567 g/mol. The molecule has 0 spiro atoms. The minimum absolute atomic E-state index is 0. The number of nitrogens with zero attached hydrogens (tertiary/aromatic N) is 2. The van der Waals surface area contributed by atoms with Gasteiger partial charge in [-0.1, -0.05) is 39.5 Å². The van der Waals surface area contributed by atoms with Crippen LogP contribution in [0.3, 0.4) is 0 Å². The van der Waals surface area contributed by atoms with Crippen molar-refractivity contribution in [3.8, 4) is 11.5 Å². The number of benzene rings is 3. The minimum Gasteiger partial charge on any atom is -0.508 e. The molecule has 4 rings (SSSR count). The lowest BCUT2D eigenvalue weighted by Gasteiger charge is -2.15. The van der Waals surface area contributed by atoms with E-state index < -0.39 is 10.0 Å². The fraction of sp³-hybridized carbons (Fsp3) is 0.250. The fourth-order valence-corrected chi connectivity index (χ4v) is 4.73. The van der Waals surface area contributed by atoms with Gasteiger partial charge in [-0.2, -0.15) is 0 Å². The number of phenols is 1. The SMILES string of the molecule is C.COc1cc(O)cc(Nc2nc3ccccc3nc2NS(=O)(=O)c2cccc(NC(=O)CNCC(C)C)c2)c1.